The molecule has 0 radical (unpaired) electrons. The van der Waals surface area contributed by atoms with Gasteiger partial charge >= 0.3 is 0 Å². The average molecular weight is 364 g/mol. The van der Waals surface area contributed by atoms with Gasteiger partial charge in [0.1, 0.15) is 12.3 Å². The molecule has 0 bridgehead atoms. The van der Waals surface area contributed by atoms with Gasteiger partial charge in [-0.1, -0.05) is 47.9 Å². The SMILES string of the molecule is COc1cccc(NC(=O)Cn2sc3c(ccc4ccccc43)c2=O)c1. The lowest BCUT2D eigenvalue weighted by molar-refractivity contribution is -0.116. The van der Waals surface area contributed by atoms with Crippen LogP contribution in [0.4, 0.5) is 5.69 Å². The van der Waals surface area contributed by atoms with Crippen LogP contribution in [0, 0.1) is 0 Å². The van der Waals surface area contributed by atoms with Gasteiger partial charge in [-0.05, 0) is 23.6 Å². The third-order valence-corrected chi connectivity index (χ3v) is 5.32. The van der Waals surface area contributed by atoms with Crippen molar-refractivity contribution in [3.63, 3.8) is 0 Å². The molecule has 0 aliphatic carbocycles. The summed E-state index contributed by atoms with van der Waals surface area (Å²) in [6.45, 7) is -0.0241. The van der Waals surface area contributed by atoms with Crippen molar-refractivity contribution in [2.75, 3.05) is 12.4 Å². The number of hydrogen-bond donors (Lipinski definition) is 1. The van der Waals surface area contributed by atoms with E-state index in [0.29, 0.717) is 16.8 Å². The van der Waals surface area contributed by atoms with Crippen molar-refractivity contribution in [2.24, 2.45) is 0 Å². The first-order valence-electron chi connectivity index (χ1n) is 8.11. The number of hydrogen-bond acceptors (Lipinski definition) is 4. The van der Waals surface area contributed by atoms with Gasteiger partial charge in [0.05, 0.1) is 17.2 Å². The van der Waals surface area contributed by atoms with Gasteiger partial charge in [-0.15, -0.1) is 0 Å². The summed E-state index contributed by atoms with van der Waals surface area (Å²) in [6, 6.07) is 18.8. The first-order chi connectivity index (χ1) is 12.7. The highest BCUT2D eigenvalue weighted by atomic mass is 32.1. The van der Waals surface area contributed by atoms with Crippen molar-refractivity contribution in [3.8, 4) is 5.75 Å². The molecular weight excluding hydrogens is 348 g/mol. The highest BCUT2D eigenvalue weighted by molar-refractivity contribution is 7.15. The van der Waals surface area contributed by atoms with E-state index in [9.17, 15) is 9.59 Å². The number of fused-ring (bicyclic) bond motifs is 3. The summed E-state index contributed by atoms with van der Waals surface area (Å²) < 4.78 is 7.55. The van der Waals surface area contributed by atoms with Gasteiger partial charge in [0.2, 0.25) is 5.91 Å². The zero-order chi connectivity index (χ0) is 18.1. The summed E-state index contributed by atoms with van der Waals surface area (Å²) in [5.41, 5.74) is 0.491. The largest absolute Gasteiger partial charge is 0.497 e. The number of carbonyl (C=O) groups is 1. The molecule has 6 heteroatoms. The fourth-order valence-electron chi connectivity index (χ4n) is 2.93. The summed E-state index contributed by atoms with van der Waals surface area (Å²) in [7, 11) is 1.57. The van der Waals surface area contributed by atoms with Gasteiger partial charge in [-0.3, -0.25) is 13.5 Å². The first-order valence-corrected chi connectivity index (χ1v) is 8.88. The van der Waals surface area contributed by atoms with Crippen LogP contribution in [0.5, 0.6) is 5.75 Å². The molecular formula is C20H16N2O3S. The van der Waals surface area contributed by atoms with Crippen LogP contribution < -0.4 is 15.6 Å². The monoisotopic (exact) mass is 364 g/mol. The van der Waals surface area contributed by atoms with E-state index < -0.39 is 0 Å². The fourth-order valence-corrected chi connectivity index (χ4v) is 4.05. The molecule has 1 aromatic heterocycles. The van der Waals surface area contributed by atoms with Gasteiger partial charge < -0.3 is 10.1 Å². The molecule has 1 N–H and O–H groups in total. The van der Waals surface area contributed by atoms with E-state index in [1.165, 1.54) is 15.5 Å². The summed E-state index contributed by atoms with van der Waals surface area (Å²) in [5, 5.41) is 5.55. The van der Waals surface area contributed by atoms with Gasteiger partial charge in [0.25, 0.3) is 5.56 Å². The molecule has 0 aliphatic heterocycles. The van der Waals surface area contributed by atoms with E-state index >= 15 is 0 Å². The Labute approximate surface area is 153 Å². The van der Waals surface area contributed by atoms with Crippen molar-refractivity contribution in [2.45, 2.75) is 6.54 Å². The summed E-state index contributed by atoms with van der Waals surface area (Å²) in [6.07, 6.45) is 0. The lowest BCUT2D eigenvalue weighted by Gasteiger charge is -2.06. The number of nitrogens with zero attached hydrogens (tertiary/aromatic N) is 1. The topological polar surface area (TPSA) is 60.3 Å². The van der Waals surface area contributed by atoms with Crippen molar-refractivity contribution in [1.29, 1.82) is 0 Å². The zero-order valence-corrected chi connectivity index (χ0v) is 14.9. The molecule has 0 unspecified atom stereocenters. The Kier molecular flexibility index (Phi) is 4.18. The molecule has 0 fully saturated rings. The van der Waals surface area contributed by atoms with Crippen LogP contribution in [0.25, 0.3) is 20.9 Å². The fraction of sp³-hybridized carbons (Fsp3) is 0.100. The molecule has 5 nitrogen and oxygen atoms in total. The number of aromatic nitrogens is 1. The van der Waals surface area contributed by atoms with E-state index in [-0.39, 0.29) is 18.0 Å². The van der Waals surface area contributed by atoms with Crippen LogP contribution in [0.3, 0.4) is 0 Å². The Balaban J connectivity index is 1.64. The quantitative estimate of drug-likeness (QED) is 0.598. The second-order valence-electron chi connectivity index (χ2n) is 5.88. The molecule has 1 heterocycles. The highest BCUT2D eigenvalue weighted by Gasteiger charge is 2.13. The van der Waals surface area contributed by atoms with Crippen LogP contribution >= 0.6 is 11.5 Å². The molecule has 3 aromatic carbocycles. The third kappa shape index (κ3) is 2.95. The standard InChI is InChI=1S/C20H16N2O3S/c1-25-15-7-4-6-14(11-15)21-18(23)12-22-20(24)17-10-9-13-5-2-3-8-16(13)19(17)26-22/h2-11H,12H2,1H3,(H,21,23). The number of methoxy groups -OCH3 is 1. The summed E-state index contributed by atoms with van der Waals surface area (Å²) >= 11 is 1.32. The van der Waals surface area contributed by atoms with E-state index in [2.05, 4.69) is 5.32 Å². The molecule has 1 amide bonds. The minimum atomic E-state index is -0.254. The number of benzene rings is 3. The molecule has 0 saturated heterocycles. The summed E-state index contributed by atoms with van der Waals surface area (Å²) in [5.74, 6) is 0.407. The predicted octanol–water partition coefficient (Wildman–Crippen LogP) is 3.86. The second kappa shape index (κ2) is 6.65. The number of anilines is 1. The van der Waals surface area contributed by atoms with Crippen LogP contribution in [0.15, 0.2) is 65.5 Å². The Morgan fingerprint density at radius 1 is 1.08 bits per heavy atom. The molecule has 0 saturated carbocycles. The minimum absolute atomic E-state index is 0.0241. The van der Waals surface area contributed by atoms with Gasteiger partial charge in [-0.2, -0.15) is 0 Å². The minimum Gasteiger partial charge on any atom is -0.497 e. The average Bonchev–Trinajstić information content (AvgIpc) is 2.98. The smallest absolute Gasteiger partial charge is 0.269 e. The van der Waals surface area contributed by atoms with Gasteiger partial charge in [0.15, 0.2) is 0 Å². The van der Waals surface area contributed by atoms with E-state index in [1.807, 2.05) is 36.4 Å². The number of ether oxygens (including phenoxy) is 1. The van der Waals surface area contributed by atoms with Crippen molar-refractivity contribution in [1.82, 2.24) is 3.96 Å². The highest BCUT2D eigenvalue weighted by Crippen LogP contribution is 2.27. The lowest BCUT2D eigenvalue weighted by atomic mass is 10.1. The number of nitrogens with one attached hydrogen (secondary N) is 1. The van der Waals surface area contributed by atoms with E-state index in [1.54, 1.807) is 31.4 Å². The second-order valence-corrected chi connectivity index (χ2v) is 6.91. The Bertz CT molecular complexity index is 1180. The molecule has 0 aliphatic rings. The van der Waals surface area contributed by atoms with Crippen LogP contribution in [-0.2, 0) is 11.3 Å². The normalized spacial score (nSPS) is 11.0. The number of rotatable bonds is 4. The zero-order valence-electron chi connectivity index (χ0n) is 14.1. The first kappa shape index (κ1) is 16.4. The van der Waals surface area contributed by atoms with Gasteiger partial charge in [-0.25, -0.2) is 0 Å². The van der Waals surface area contributed by atoms with Crippen molar-refractivity contribution in [3.05, 3.63) is 71.0 Å². The molecule has 4 aromatic rings. The number of amides is 1. The molecule has 26 heavy (non-hydrogen) atoms. The van der Waals surface area contributed by atoms with Crippen LogP contribution in [0.2, 0.25) is 0 Å². The Hall–Kier alpha value is -3.12. The Morgan fingerprint density at radius 2 is 1.92 bits per heavy atom. The lowest BCUT2D eigenvalue weighted by Crippen LogP contribution is -2.23. The predicted molar refractivity (Wildman–Crippen MR) is 105 cm³/mol. The number of carbonyl (C=O) groups excluding carboxylic acids is 1. The van der Waals surface area contributed by atoms with Crippen molar-refractivity contribution >= 4 is 44.0 Å². The van der Waals surface area contributed by atoms with E-state index in [4.69, 9.17) is 4.74 Å². The van der Waals surface area contributed by atoms with Gasteiger partial charge in [0, 0.05) is 17.1 Å². The van der Waals surface area contributed by atoms with E-state index in [0.717, 1.165) is 15.5 Å². The van der Waals surface area contributed by atoms with Crippen molar-refractivity contribution < 1.29 is 9.53 Å². The molecule has 4 rings (SSSR count). The van der Waals surface area contributed by atoms with Crippen LogP contribution in [-0.4, -0.2) is 17.0 Å². The third-order valence-electron chi connectivity index (χ3n) is 4.18. The maximum atomic E-state index is 12.6. The maximum Gasteiger partial charge on any atom is 0.269 e. The summed E-state index contributed by atoms with van der Waals surface area (Å²) in [4.78, 5) is 25.0. The van der Waals surface area contributed by atoms with Crippen LogP contribution in [0.1, 0.15) is 0 Å². The molecule has 130 valence electrons. The Morgan fingerprint density at radius 3 is 2.77 bits per heavy atom. The molecule has 0 spiro atoms. The molecule has 0 atom stereocenters. The maximum absolute atomic E-state index is 12.6.